The van der Waals surface area contributed by atoms with E-state index in [1.807, 2.05) is 54.6 Å². The summed E-state index contributed by atoms with van der Waals surface area (Å²) in [5.41, 5.74) is 4.71. The molecule has 0 aliphatic carbocycles. The first-order valence-electron chi connectivity index (χ1n) is 13.1. The molecule has 4 aromatic rings. The standard InChI is InChI=1S/C30H28N4O4S/c1-2-3-9-27-31-24-13-11-21(34-28(35)26-17-39-18-33(26)30(34)38)15-25(24)32(27)16-19-10-12-22(23(14-19)29(36)37)20-7-5-4-6-8-20/h4-8,10-15,26H,2-3,9,16-18H2,1H3,(H,36,37). The van der Waals surface area contributed by atoms with E-state index in [9.17, 15) is 19.5 Å². The van der Waals surface area contributed by atoms with Gasteiger partial charge in [-0.2, -0.15) is 0 Å². The number of nitrogens with zero attached hydrogens (tertiary/aromatic N) is 4. The number of thioether (sulfide) groups is 1. The van der Waals surface area contributed by atoms with E-state index in [-0.39, 0.29) is 17.5 Å². The second kappa shape index (κ2) is 10.2. The van der Waals surface area contributed by atoms with E-state index in [2.05, 4.69) is 11.5 Å². The Balaban J connectivity index is 1.41. The summed E-state index contributed by atoms with van der Waals surface area (Å²) >= 11 is 1.59. The van der Waals surface area contributed by atoms with Crippen molar-refractivity contribution >= 4 is 46.4 Å². The van der Waals surface area contributed by atoms with Crippen LogP contribution >= 0.6 is 11.8 Å². The Morgan fingerprint density at radius 2 is 1.90 bits per heavy atom. The number of rotatable bonds is 8. The van der Waals surface area contributed by atoms with Gasteiger partial charge < -0.3 is 14.6 Å². The van der Waals surface area contributed by atoms with Gasteiger partial charge in [0, 0.05) is 18.7 Å². The van der Waals surface area contributed by atoms with Crippen molar-refractivity contribution in [2.75, 3.05) is 16.5 Å². The number of aromatic nitrogens is 2. The molecule has 198 valence electrons. The molecule has 2 saturated heterocycles. The molecule has 6 rings (SSSR count). The van der Waals surface area contributed by atoms with Crippen molar-refractivity contribution in [1.29, 1.82) is 0 Å². The first-order valence-corrected chi connectivity index (χ1v) is 14.2. The van der Waals surface area contributed by atoms with Gasteiger partial charge in [-0.15, -0.1) is 11.8 Å². The van der Waals surface area contributed by atoms with E-state index < -0.39 is 12.0 Å². The van der Waals surface area contributed by atoms with Gasteiger partial charge >= 0.3 is 12.0 Å². The molecule has 3 heterocycles. The quantitative estimate of drug-likeness (QED) is 0.291. The van der Waals surface area contributed by atoms with Crippen LogP contribution in [-0.2, 0) is 17.8 Å². The maximum Gasteiger partial charge on any atom is 0.336 e. The molecule has 0 spiro atoms. The molecule has 1 N–H and O–H groups in total. The number of imide groups is 1. The summed E-state index contributed by atoms with van der Waals surface area (Å²) < 4.78 is 2.08. The number of urea groups is 1. The van der Waals surface area contributed by atoms with Crippen molar-refractivity contribution in [1.82, 2.24) is 14.5 Å². The predicted molar refractivity (Wildman–Crippen MR) is 152 cm³/mol. The van der Waals surface area contributed by atoms with Crippen LogP contribution in [0.15, 0.2) is 66.7 Å². The summed E-state index contributed by atoms with van der Waals surface area (Å²) in [5.74, 6) is 0.864. The number of hydrogen-bond donors (Lipinski definition) is 1. The lowest BCUT2D eigenvalue weighted by Crippen LogP contribution is -2.32. The van der Waals surface area contributed by atoms with Crippen LogP contribution in [0.5, 0.6) is 0 Å². The number of benzene rings is 3. The molecule has 1 unspecified atom stereocenters. The second-order valence-electron chi connectivity index (χ2n) is 9.88. The lowest BCUT2D eigenvalue weighted by atomic mass is 9.97. The number of unbranched alkanes of at least 4 members (excludes halogenated alkanes) is 1. The third kappa shape index (κ3) is 4.46. The highest BCUT2D eigenvalue weighted by Crippen LogP contribution is 2.34. The van der Waals surface area contributed by atoms with E-state index >= 15 is 0 Å². The summed E-state index contributed by atoms with van der Waals surface area (Å²) in [6.45, 7) is 2.54. The van der Waals surface area contributed by atoms with Crippen LogP contribution in [0.3, 0.4) is 0 Å². The number of hydrogen-bond acceptors (Lipinski definition) is 5. The van der Waals surface area contributed by atoms with Crippen molar-refractivity contribution in [2.24, 2.45) is 0 Å². The molecular formula is C30H28N4O4S. The van der Waals surface area contributed by atoms with Crippen LogP contribution in [0, 0.1) is 0 Å². The number of carbonyl (C=O) groups is 3. The summed E-state index contributed by atoms with van der Waals surface area (Å²) in [5, 5.41) is 10.0. The van der Waals surface area contributed by atoms with Crippen LogP contribution in [-0.4, -0.2) is 55.1 Å². The van der Waals surface area contributed by atoms with Gasteiger partial charge in [-0.3, -0.25) is 4.79 Å². The Labute approximate surface area is 230 Å². The van der Waals surface area contributed by atoms with Gasteiger partial charge in [-0.1, -0.05) is 55.8 Å². The average Bonchev–Trinajstić information content (AvgIpc) is 3.63. The van der Waals surface area contributed by atoms with Crippen molar-refractivity contribution in [3.05, 3.63) is 83.7 Å². The van der Waals surface area contributed by atoms with E-state index in [1.165, 1.54) is 4.90 Å². The normalized spacial score (nSPS) is 16.9. The van der Waals surface area contributed by atoms with Gasteiger partial charge in [0.2, 0.25) is 0 Å². The maximum absolute atomic E-state index is 13.1. The first kappa shape index (κ1) is 25.2. The molecule has 1 aromatic heterocycles. The van der Waals surface area contributed by atoms with Gasteiger partial charge in [0.25, 0.3) is 5.91 Å². The summed E-state index contributed by atoms with van der Waals surface area (Å²) in [7, 11) is 0. The molecule has 2 fully saturated rings. The smallest absolute Gasteiger partial charge is 0.336 e. The monoisotopic (exact) mass is 540 g/mol. The van der Waals surface area contributed by atoms with Crippen LogP contribution in [0.2, 0.25) is 0 Å². The molecule has 9 heteroatoms. The lowest BCUT2D eigenvalue weighted by Gasteiger charge is -2.16. The number of carbonyl (C=O) groups excluding carboxylic acids is 2. The Morgan fingerprint density at radius 3 is 2.64 bits per heavy atom. The van der Waals surface area contributed by atoms with Crippen LogP contribution in [0.1, 0.15) is 41.5 Å². The summed E-state index contributed by atoms with van der Waals surface area (Å²) in [6.07, 6.45) is 2.74. The predicted octanol–water partition coefficient (Wildman–Crippen LogP) is 5.63. The Kier molecular flexibility index (Phi) is 6.60. The topological polar surface area (TPSA) is 95.7 Å². The molecule has 3 amide bonds. The van der Waals surface area contributed by atoms with Crippen molar-refractivity contribution < 1.29 is 19.5 Å². The van der Waals surface area contributed by atoms with Crippen molar-refractivity contribution in [2.45, 2.75) is 38.8 Å². The molecule has 0 bridgehead atoms. The number of aromatic carboxylic acids is 1. The van der Waals surface area contributed by atoms with Crippen molar-refractivity contribution in [3.63, 3.8) is 0 Å². The number of amides is 3. The van der Waals surface area contributed by atoms with E-state index in [4.69, 9.17) is 4.98 Å². The zero-order chi connectivity index (χ0) is 27.1. The van der Waals surface area contributed by atoms with Crippen molar-refractivity contribution in [3.8, 4) is 11.1 Å². The zero-order valence-electron chi connectivity index (χ0n) is 21.5. The molecular weight excluding hydrogens is 512 g/mol. The lowest BCUT2D eigenvalue weighted by molar-refractivity contribution is -0.118. The number of aryl methyl sites for hydroxylation is 1. The van der Waals surface area contributed by atoms with Gasteiger partial charge in [0.05, 0.1) is 28.2 Å². The van der Waals surface area contributed by atoms with Gasteiger partial charge in [0.15, 0.2) is 0 Å². The largest absolute Gasteiger partial charge is 0.478 e. The van der Waals surface area contributed by atoms with Crippen LogP contribution in [0.4, 0.5) is 10.5 Å². The zero-order valence-corrected chi connectivity index (χ0v) is 22.4. The van der Waals surface area contributed by atoms with E-state index in [0.717, 1.165) is 47.2 Å². The highest BCUT2D eigenvalue weighted by Gasteiger charge is 2.48. The number of fused-ring (bicyclic) bond motifs is 2. The van der Waals surface area contributed by atoms with Gasteiger partial charge in [-0.05, 0) is 47.4 Å². The summed E-state index contributed by atoms with van der Waals surface area (Å²) in [6, 6.07) is 19.8. The minimum atomic E-state index is -0.982. The number of anilines is 1. The fourth-order valence-corrected chi connectivity index (χ4v) is 6.50. The summed E-state index contributed by atoms with van der Waals surface area (Å²) in [4.78, 5) is 46.1. The second-order valence-corrected chi connectivity index (χ2v) is 10.9. The number of carboxylic acid groups (broad SMARTS) is 1. The van der Waals surface area contributed by atoms with E-state index in [0.29, 0.717) is 29.4 Å². The molecule has 3 aromatic carbocycles. The highest BCUT2D eigenvalue weighted by atomic mass is 32.2. The molecule has 1 atom stereocenters. The fourth-order valence-electron chi connectivity index (χ4n) is 5.37. The average molecular weight is 541 g/mol. The molecule has 2 aliphatic rings. The molecule has 0 radical (unpaired) electrons. The van der Waals surface area contributed by atoms with Crippen LogP contribution in [0.25, 0.3) is 22.2 Å². The Bertz CT molecular complexity index is 1580. The third-order valence-corrected chi connectivity index (χ3v) is 8.40. The Hall–Kier alpha value is -4.11. The first-order chi connectivity index (χ1) is 19.0. The van der Waals surface area contributed by atoms with Gasteiger partial charge in [-0.25, -0.2) is 19.5 Å². The van der Waals surface area contributed by atoms with Crippen LogP contribution < -0.4 is 4.90 Å². The van der Waals surface area contributed by atoms with E-state index in [1.54, 1.807) is 28.8 Å². The molecule has 2 aliphatic heterocycles. The molecule has 8 nitrogen and oxygen atoms in total. The fraction of sp³-hybridized carbons (Fsp3) is 0.267. The molecule has 39 heavy (non-hydrogen) atoms. The Morgan fingerprint density at radius 1 is 1.08 bits per heavy atom. The minimum absolute atomic E-state index is 0.191. The SMILES string of the molecule is CCCCc1nc2ccc(N3C(=O)C4CSCN4C3=O)cc2n1Cc1ccc(-c2ccccc2)c(C(=O)O)c1. The minimum Gasteiger partial charge on any atom is -0.478 e. The third-order valence-electron chi connectivity index (χ3n) is 7.39. The number of carboxylic acids is 1. The highest BCUT2D eigenvalue weighted by molar-refractivity contribution is 7.99. The molecule has 0 saturated carbocycles. The maximum atomic E-state index is 13.1. The number of imidazole rings is 1. The van der Waals surface area contributed by atoms with Gasteiger partial charge in [0.1, 0.15) is 11.9 Å².